The Balaban J connectivity index is 1.30. The molecular weight excluding hydrogens is 431 g/mol. The summed E-state index contributed by atoms with van der Waals surface area (Å²) < 4.78 is 21.4. The van der Waals surface area contributed by atoms with Crippen molar-refractivity contribution in [2.45, 2.75) is 19.8 Å². The van der Waals surface area contributed by atoms with E-state index in [2.05, 4.69) is 9.97 Å². The second-order valence-corrected chi connectivity index (χ2v) is 9.45. The zero-order chi connectivity index (χ0) is 23.3. The molecule has 7 heteroatoms. The van der Waals surface area contributed by atoms with Crippen molar-refractivity contribution in [1.82, 2.24) is 19.4 Å². The van der Waals surface area contributed by atoms with Gasteiger partial charge >= 0.3 is 0 Å². The number of carbonyl (C=O) groups is 1. The number of piperidine rings is 1. The standard InChI is InChI=1S/C27H25FN4O2/c1-18-15-32(26-29-13-20(14-30-26)22-4-2-3-5-23(22)28)24-12-19(6-7-21(18)24)25(33)31-10-8-27(9-11-31)16-34-17-27/h2-7,12-15H,8-11,16-17H2,1H3. The Bertz CT molecular complexity index is 1380. The third kappa shape index (κ3) is 3.47. The molecule has 0 aliphatic carbocycles. The molecule has 4 heterocycles. The SMILES string of the molecule is Cc1cn(-c2ncc(-c3ccccc3F)cn2)c2cc(C(=O)N3CCC4(CC3)COC4)ccc12. The lowest BCUT2D eigenvalue weighted by molar-refractivity contribution is -0.136. The Kier molecular flexibility index (Phi) is 4.95. The molecule has 172 valence electrons. The maximum atomic E-state index is 14.1. The highest BCUT2D eigenvalue weighted by atomic mass is 19.1. The minimum absolute atomic E-state index is 0.0539. The van der Waals surface area contributed by atoms with Crippen LogP contribution in [0, 0.1) is 18.2 Å². The molecule has 2 aromatic heterocycles. The molecule has 2 aliphatic heterocycles. The number of aromatic nitrogens is 3. The molecule has 2 fully saturated rings. The monoisotopic (exact) mass is 456 g/mol. The first-order chi connectivity index (χ1) is 16.5. The predicted molar refractivity (Wildman–Crippen MR) is 127 cm³/mol. The number of amides is 1. The number of aryl methyl sites for hydroxylation is 1. The number of hydrogen-bond donors (Lipinski definition) is 0. The molecule has 6 nitrogen and oxygen atoms in total. The molecule has 6 rings (SSSR count). The average molecular weight is 457 g/mol. The third-order valence-electron chi connectivity index (χ3n) is 7.22. The van der Waals surface area contributed by atoms with Gasteiger partial charge in [-0.15, -0.1) is 0 Å². The molecule has 34 heavy (non-hydrogen) atoms. The Hall–Kier alpha value is -3.58. The molecule has 2 aliphatic rings. The summed E-state index contributed by atoms with van der Waals surface area (Å²) in [4.78, 5) is 24.2. The van der Waals surface area contributed by atoms with E-state index < -0.39 is 0 Å². The Morgan fingerprint density at radius 1 is 1.06 bits per heavy atom. The molecular formula is C27H25FN4O2. The number of fused-ring (bicyclic) bond motifs is 1. The normalized spacial score (nSPS) is 17.2. The number of rotatable bonds is 3. The van der Waals surface area contributed by atoms with Gasteiger partial charge in [0, 0.05) is 59.2 Å². The van der Waals surface area contributed by atoms with Crippen LogP contribution in [-0.2, 0) is 4.74 Å². The Morgan fingerprint density at radius 3 is 2.47 bits per heavy atom. The minimum atomic E-state index is -0.308. The van der Waals surface area contributed by atoms with Gasteiger partial charge in [0.2, 0.25) is 5.95 Å². The summed E-state index contributed by atoms with van der Waals surface area (Å²) in [7, 11) is 0. The van der Waals surface area contributed by atoms with Crippen LogP contribution in [0.25, 0.3) is 28.0 Å². The number of nitrogens with zero attached hydrogens (tertiary/aromatic N) is 4. The lowest BCUT2D eigenvalue weighted by Crippen LogP contribution is -2.52. The highest BCUT2D eigenvalue weighted by Crippen LogP contribution is 2.38. The maximum absolute atomic E-state index is 14.1. The van der Waals surface area contributed by atoms with Gasteiger partial charge in [0.05, 0.1) is 18.7 Å². The van der Waals surface area contributed by atoms with Crippen molar-refractivity contribution in [3.05, 3.63) is 78.0 Å². The largest absolute Gasteiger partial charge is 0.380 e. The average Bonchev–Trinajstić information content (AvgIpc) is 3.19. The van der Waals surface area contributed by atoms with Crippen molar-refractivity contribution in [2.24, 2.45) is 5.41 Å². The molecule has 0 N–H and O–H groups in total. The molecule has 1 amide bonds. The Morgan fingerprint density at radius 2 is 1.79 bits per heavy atom. The summed E-state index contributed by atoms with van der Waals surface area (Å²) >= 11 is 0. The van der Waals surface area contributed by atoms with Crippen LogP contribution in [0.1, 0.15) is 28.8 Å². The summed E-state index contributed by atoms with van der Waals surface area (Å²) in [5.74, 6) is 0.226. The molecule has 4 aromatic rings. The first-order valence-electron chi connectivity index (χ1n) is 11.6. The lowest BCUT2D eigenvalue weighted by Gasteiger charge is -2.47. The minimum Gasteiger partial charge on any atom is -0.380 e. The summed E-state index contributed by atoms with van der Waals surface area (Å²) in [5.41, 5.74) is 3.98. The molecule has 0 atom stereocenters. The van der Waals surface area contributed by atoms with Crippen LogP contribution in [0.2, 0.25) is 0 Å². The van der Waals surface area contributed by atoms with E-state index in [1.807, 2.05) is 40.8 Å². The first kappa shape index (κ1) is 21.0. The van der Waals surface area contributed by atoms with Crippen LogP contribution in [0.3, 0.4) is 0 Å². The number of halogens is 1. The van der Waals surface area contributed by atoms with Gasteiger partial charge < -0.3 is 9.64 Å². The van der Waals surface area contributed by atoms with Gasteiger partial charge in [-0.25, -0.2) is 14.4 Å². The molecule has 2 saturated heterocycles. The van der Waals surface area contributed by atoms with Gasteiger partial charge in [-0.3, -0.25) is 9.36 Å². The maximum Gasteiger partial charge on any atom is 0.253 e. The van der Waals surface area contributed by atoms with E-state index in [0.717, 1.165) is 55.6 Å². The number of benzene rings is 2. The molecule has 0 unspecified atom stereocenters. The highest BCUT2D eigenvalue weighted by Gasteiger charge is 2.42. The van der Waals surface area contributed by atoms with Gasteiger partial charge in [0.25, 0.3) is 5.91 Å². The fraction of sp³-hybridized carbons (Fsp3) is 0.296. The zero-order valence-corrected chi connectivity index (χ0v) is 19.0. The lowest BCUT2D eigenvalue weighted by atomic mass is 9.77. The summed E-state index contributed by atoms with van der Waals surface area (Å²) in [6, 6.07) is 12.4. The van der Waals surface area contributed by atoms with E-state index in [1.165, 1.54) is 6.07 Å². The van der Waals surface area contributed by atoms with Crippen LogP contribution >= 0.6 is 0 Å². The summed E-state index contributed by atoms with van der Waals surface area (Å²) in [5, 5.41) is 1.04. The quantitative estimate of drug-likeness (QED) is 0.445. The van der Waals surface area contributed by atoms with Crippen LogP contribution in [0.5, 0.6) is 0 Å². The number of carbonyl (C=O) groups excluding carboxylic acids is 1. The van der Waals surface area contributed by atoms with E-state index in [9.17, 15) is 9.18 Å². The molecule has 2 aromatic carbocycles. The van der Waals surface area contributed by atoms with Gasteiger partial charge in [-0.05, 0) is 43.5 Å². The van der Waals surface area contributed by atoms with Crippen LogP contribution in [0.15, 0.2) is 61.1 Å². The zero-order valence-electron chi connectivity index (χ0n) is 19.0. The predicted octanol–water partition coefficient (Wildman–Crippen LogP) is 4.79. The van der Waals surface area contributed by atoms with Gasteiger partial charge in [-0.1, -0.05) is 24.3 Å². The van der Waals surface area contributed by atoms with E-state index in [-0.39, 0.29) is 11.7 Å². The third-order valence-corrected chi connectivity index (χ3v) is 7.22. The van der Waals surface area contributed by atoms with E-state index >= 15 is 0 Å². The second-order valence-electron chi connectivity index (χ2n) is 9.45. The topological polar surface area (TPSA) is 60.2 Å². The molecule has 0 radical (unpaired) electrons. The van der Waals surface area contributed by atoms with Crippen LogP contribution in [0.4, 0.5) is 4.39 Å². The Labute approximate surface area is 197 Å². The smallest absolute Gasteiger partial charge is 0.253 e. The van der Waals surface area contributed by atoms with Crippen LogP contribution in [-0.4, -0.2) is 51.6 Å². The molecule has 0 saturated carbocycles. The van der Waals surface area contributed by atoms with E-state index in [1.54, 1.807) is 30.6 Å². The number of ether oxygens (including phenoxy) is 1. The van der Waals surface area contributed by atoms with E-state index in [0.29, 0.717) is 28.1 Å². The number of likely N-dealkylation sites (tertiary alicyclic amines) is 1. The van der Waals surface area contributed by atoms with Gasteiger partial charge in [0.15, 0.2) is 0 Å². The summed E-state index contributed by atoms with van der Waals surface area (Å²) in [6.07, 6.45) is 7.23. The van der Waals surface area contributed by atoms with Crippen molar-refractivity contribution in [3.8, 4) is 17.1 Å². The highest BCUT2D eigenvalue weighted by molar-refractivity contribution is 5.99. The van der Waals surface area contributed by atoms with Gasteiger partial charge in [-0.2, -0.15) is 0 Å². The van der Waals surface area contributed by atoms with Crippen molar-refractivity contribution < 1.29 is 13.9 Å². The molecule has 1 spiro atoms. The molecule has 0 bridgehead atoms. The van der Waals surface area contributed by atoms with Crippen molar-refractivity contribution in [1.29, 1.82) is 0 Å². The van der Waals surface area contributed by atoms with Crippen molar-refractivity contribution >= 4 is 16.8 Å². The fourth-order valence-corrected chi connectivity index (χ4v) is 5.02. The first-order valence-corrected chi connectivity index (χ1v) is 11.6. The van der Waals surface area contributed by atoms with Crippen molar-refractivity contribution in [3.63, 3.8) is 0 Å². The van der Waals surface area contributed by atoms with Gasteiger partial charge in [0.1, 0.15) is 5.82 Å². The van der Waals surface area contributed by atoms with Crippen LogP contribution < -0.4 is 0 Å². The van der Waals surface area contributed by atoms with E-state index in [4.69, 9.17) is 4.74 Å². The summed E-state index contributed by atoms with van der Waals surface area (Å²) in [6.45, 7) is 5.20. The fourth-order valence-electron chi connectivity index (χ4n) is 5.02. The number of hydrogen-bond acceptors (Lipinski definition) is 4. The van der Waals surface area contributed by atoms with Crippen molar-refractivity contribution in [2.75, 3.05) is 26.3 Å². The second kappa shape index (κ2) is 8.02.